The van der Waals surface area contributed by atoms with Gasteiger partial charge in [0.2, 0.25) is 15.9 Å². The van der Waals surface area contributed by atoms with Gasteiger partial charge in [-0.1, -0.05) is 25.1 Å². The molecule has 0 aliphatic rings. The van der Waals surface area contributed by atoms with Gasteiger partial charge in [0.15, 0.2) is 0 Å². The first-order chi connectivity index (χ1) is 14.1. The van der Waals surface area contributed by atoms with Crippen LogP contribution >= 0.6 is 0 Å². The van der Waals surface area contributed by atoms with Crippen molar-refractivity contribution in [3.8, 4) is 0 Å². The summed E-state index contributed by atoms with van der Waals surface area (Å²) in [6, 6.07) is 8.85. The van der Waals surface area contributed by atoms with E-state index in [0.717, 1.165) is 16.6 Å². The van der Waals surface area contributed by atoms with E-state index in [1.807, 2.05) is 0 Å². The maximum absolute atomic E-state index is 14.3. The number of amides is 1. The maximum Gasteiger partial charge on any atom is 0.338 e. The molecule has 30 heavy (non-hydrogen) atoms. The molecule has 9 heteroatoms. The molecular formula is C21H25FN2O5S. The molecule has 2 aromatic carbocycles. The van der Waals surface area contributed by atoms with Crippen molar-refractivity contribution in [1.29, 1.82) is 0 Å². The third-order valence-electron chi connectivity index (χ3n) is 4.43. The Kier molecular flexibility index (Phi) is 7.55. The van der Waals surface area contributed by atoms with Crippen LogP contribution in [0.4, 0.5) is 15.8 Å². The monoisotopic (exact) mass is 436 g/mol. The molecule has 0 aliphatic heterocycles. The van der Waals surface area contributed by atoms with Crippen molar-refractivity contribution in [1.82, 2.24) is 0 Å². The SMILES string of the molecule is CCOC(=O)c1ccc(C)c(NC(=O)C(CC)N(c2ccccc2F)S(C)(=O)=O)c1. The summed E-state index contributed by atoms with van der Waals surface area (Å²) in [5, 5.41) is 2.67. The highest BCUT2D eigenvalue weighted by Gasteiger charge is 2.33. The summed E-state index contributed by atoms with van der Waals surface area (Å²) in [5.41, 5.74) is 1.05. The van der Waals surface area contributed by atoms with Crippen LogP contribution in [0.2, 0.25) is 0 Å². The first-order valence-corrected chi connectivity index (χ1v) is 11.3. The number of rotatable bonds is 8. The summed E-state index contributed by atoms with van der Waals surface area (Å²) in [5.74, 6) is -1.94. The number of halogens is 1. The summed E-state index contributed by atoms with van der Waals surface area (Å²) < 4.78 is 45.0. The van der Waals surface area contributed by atoms with Crippen LogP contribution in [0.1, 0.15) is 36.2 Å². The number of nitrogens with zero attached hydrogens (tertiary/aromatic N) is 1. The number of hydrogen-bond donors (Lipinski definition) is 1. The van der Waals surface area contributed by atoms with Crippen LogP contribution in [0.25, 0.3) is 0 Å². The lowest BCUT2D eigenvalue weighted by Crippen LogP contribution is -2.47. The Labute approximate surface area is 175 Å². The topological polar surface area (TPSA) is 92.8 Å². The standard InChI is InChI=1S/C21H25FN2O5S/c1-5-18(24(30(4,27)28)19-10-8-7-9-16(19)22)20(25)23-17-13-15(12-11-14(17)3)21(26)29-6-2/h7-13,18H,5-6H2,1-4H3,(H,23,25). The molecule has 2 rings (SSSR count). The summed E-state index contributed by atoms with van der Waals surface area (Å²) in [4.78, 5) is 25.0. The Morgan fingerprint density at radius 3 is 2.40 bits per heavy atom. The van der Waals surface area contributed by atoms with E-state index < -0.39 is 33.8 Å². The van der Waals surface area contributed by atoms with Crippen molar-refractivity contribution in [3.63, 3.8) is 0 Å². The zero-order valence-electron chi connectivity index (χ0n) is 17.3. The second-order valence-electron chi connectivity index (χ2n) is 6.67. The number of anilines is 2. The molecule has 1 amide bonds. The van der Waals surface area contributed by atoms with E-state index in [2.05, 4.69) is 5.32 Å². The van der Waals surface area contributed by atoms with Gasteiger partial charge in [0.05, 0.1) is 24.1 Å². The molecule has 7 nitrogen and oxygen atoms in total. The molecule has 0 bridgehead atoms. The van der Waals surface area contributed by atoms with Crippen molar-refractivity contribution in [2.75, 3.05) is 22.5 Å². The second kappa shape index (κ2) is 9.71. The number of para-hydroxylation sites is 1. The second-order valence-corrected chi connectivity index (χ2v) is 8.53. The Bertz CT molecular complexity index is 1040. The van der Waals surface area contributed by atoms with Gasteiger partial charge in [-0.05, 0) is 50.1 Å². The molecule has 1 N–H and O–H groups in total. The molecule has 162 valence electrons. The van der Waals surface area contributed by atoms with Gasteiger partial charge in [-0.15, -0.1) is 0 Å². The largest absolute Gasteiger partial charge is 0.462 e. The van der Waals surface area contributed by atoms with Crippen molar-refractivity contribution < 1.29 is 27.1 Å². The molecule has 1 atom stereocenters. The lowest BCUT2D eigenvalue weighted by atomic mass is 10.1. The van der Waals surface area contributed by atoms with Gasteiger partial charge in [-0.25, -0.2) is 17.6 Å². The van der Waals surface area contributed by atoms with E-state index in [1.165, 1.54) is 24.3 Å². The maximum atomic E-state index is 14.3. The molecule has 0 heterocycles. The Balaban J connectivity index is 2.41. The molecule has 0 saturated heterocycles. The number of nitrogens with one attached hydrogen (secondary N) is 1. The fraction of sp³-hybridized carbons (Fsp3) is 0.333. The Hall–Kier alpha value is -2.94. The minimum Gasteiger partial charge on any atom is -0.462 e. The van der Waals surface area contributed by atoms with Gasteiger partial charge in [0, 0.05) is 5.69 Å². The Morgan fingerprint density at radius 2 is 1.83 bits per heavy atom. The number of carbonyl (C=O) groups is 2. The number of carbonyl (C=O) groups excluding carboxylic acids is 2. The number of hydrogen-bond acceptors (Lipinski definition) is 5. The predicted molar refractivity (Wildman–Crippen MR) is 114 cm³/mol. The van der Waals surface area contributed by atoms with Crippen molar-refractivity contribution in [2.45, 2.75) is 33.2 Å². The Morgan fingerprint density at radius 1 is 1.17 bits per heavy atom. The number of sulfonamides is 1. The average Bonchev–Trinajstić information content (AvgIpc) is 2.67. The van der Waals surface area contributed by atoms with E-state index >= 15 is 0 Å². The molecule has 0 saturated carbocycles. The van der Waals surface area contributed by atoms with E-state index in [1.54, 1.807) is 32.9 Å². The summed E-state index contributed by atoms with van der Waals surface area (Å²) in [7, 11) is -3.97. The number of esters is 1. The third kappa shape index (κ3) is 5.35. The van der Waals surface area contributed by atoms with Crippen LogP contribution in [0.5, 0.6) is 0 Å². The first-order valence-electron chi connectivity index (χ1n) is 9.42. The first kappa shape index (κ1) is 23.3. The van der Waals surface area contributed by atoms with Crippen molar-refractivity contribution >= 4 is 33.3 Å². The van der Waals surface area contributed by atoms with Crippen LogP contribution in [0.15, 0.2) is 42.5 Å². The fourth-order valence-electron chi connectivity index (χ4n) is 2.98. The lowest BCUT2D eigenvalue weighted by Gasteiger charge is -2.30. The number of ether oxygens (including phenoxy) is 1. The van der Waals surface area contributed by atoms with Crippen LogP contribution in [-0.2, 0) is 19.6 Å². The van der Waals surface area contributed by atoms with E-state index in [0.29, 0.717) is 11.3 Å². The summed E-state index contributed by atoms with van der Waals surface area (Å²) in [6.45, 7) is 5.25. The van der Waals surface area contributed by atoms with Crippen LogP contribution in [0.3, 0.4) is 0 Å². The zero-order chi connectivity index (χ0) is 22.5. The smallest absolute Gasteiger partial charge is 0.338 e. The summed E-state index contributed by atoms with van der Waals surface area (Å²) >= 11 is 0. The van der Waals surface area contributed by atoms with Crippen molar-refractivity contribution in [2.24, 2.45) is 0 Å². The highest BCUT2D eigenvalue weighted by atomic mass is 32.2. The third-order valence-corrected chi connectivity index (χ3v) is 5.59. The minimum atomic E-state index is -3.97. The molecule has 0 fully saturated rings. The van der Waals surface area contributed by atoms with E-state index in [4.69, 9.17) is 4.74 Å². The van der Waals surface area contributed by atoms with E-state index in [-0.39, 0.29) is 24.3 Å². The minimum absolute atomic E-state index is 0.101. The normalized spacial score (nSPS) is 12.2. The quantitative estimate of drug-likeness (QED) is 0.640. The van der Waals surface area contributed by atoms with Gasteiger partial charge in [0.25, 0.3) is 0 Å². The van der Waals surface area contributed by atoms with Crippen LogP contribution in [0, 0.1) is 12.7 Å². The zero-order valence-corrected chi connectivity index (χ0v) is 18.1. The lowest BCUT2D eigenvalue weighted by molar-refractivity contribution is -0.117. The highest BCUT2D eigenvalue weighted by Crippen LogP contribution is 2.26. The van der Waals surface area contributed by atoms with Gasteiger partial charge < -0.3 is 10.1 Å². The van der Waals surface area contributed by atoms with Crippen molar-refractivity contribution in [3.05, 3.63) is 59.4 Å². The molecule has 2 aromatic rings. The molecule has 0 spiro atoms. The molecule has 0 aromatic heterocycles. The average molecular weight is 437 g/mol. The van der Waals surface area contributed by atoms with E-state index in [9.17, 15) is 22.4 Å². The highest BCUT2D eigenvalue weighted by molar-refractivity contribution is 7.92. The molecule has 1 unspecified atom stereocenters. The van der Waals surface area contributed by atoms with Crippen LogP contribution in [-0.4, -0.2) is 39.2 Å². The van der Waals surface area contributed by atoms with Crippen LogP contribution < -0.4 is 9.62 Å². The predicted octanol–water partition coefficient (Wildman–Crippen LogP) is 3.49. The van der Waals surface area contributed by atoms with Gasteiger partial charge in [-0.2, -0.15) is 0 Å². The van der Waals surface area contributed by atoms with Gasteiger partial charge >= 0.3 is 5.97 Å². The summed E-state index contributed by atoms with van der Waals surface area (Å²) in [6.07, 6.45) is 1.02. The fourth-order valence-corrected chi connectivity index (χ4v) is 4.19. The number of aryl methyl sites for hydroxylation is 1. The number of benzene rings is 2. The molecule has 0 aliphatic carbocycles. The van der Waals surface area contributed by atoms with Gasteiger partial charge in [0.1, 0.15) is 11.9 Å². The van der Waals surface area contributed by atoms with Gasteiger partial charge in [-0.3, -0.25) is 9.10 Å². The molecule has 0 radical (unpaired) electrons. The molecular weight excluding hydrogens is 411 g/mol.